The monoisotopic (exact) mass is 356 g/mol. The molecule has 1 amide bonds. The first-order chi connectivity index (χ1) is 12.7. The van der Waals surface area contributed by atoms with Gasteiger partial charge in [0.25, 0.3) is 0 Å². The Bertz CT molecular complexity index is 728. The summed E-state index contributed by atoms with van der Waals surface area (Å²) in [6.07, 6.45) is 7.19. The average molecular weight is 356 g/mol. The molecule has 140 valence electrons. The van der Waals surface area contributed by atoms with Crippen molar-refractivity contribution in [1.82, 2.24) is 19.7 Å². The van der Waals surface area contributed by atoms with Crippen LogP contribution >= 0.6 is 0 Å². The minimum absolute atomic E-state index is 0.0515. The number of nitrogens with zero attached hydrogens (tertiary/aromatic N) is 4. The van der Waals surface area contributed by atoms with Crippen LogP contribution in [0.25, 0.3) is 0 Å². The Kier molecular flexibility index (Phi) is 6.26. The molecule has 2 aromatic rings. The number of aromatic nitrogens is 3. The van der Waals surface area contributed by atoms with E-state index in [1.54, 1.807) is 13.4 Å². The molecule has 1 atom stereocenters. The predicted molar refractivity (Wildman–Crippen MR) is 99.9 cm³/mol. The zero-order chi connectivity index (χ0) is 18.4. The molecular formula is C20H28N4O2. The third-order valence-corrected chi connectivity index (χ3v) is 4.99. The molecule has 6 nitrogen and oxygen atoms in total. The number of aryl methyl sites for hydroxylation is 2. The largest absolute Gasteiger partial charge is 0.497 e. The number of carbonyl (C=O) groups excluding carboxylic acids is 1. The minimum atomic E-state index is 0.0515. The fourth-order valence-electron chi connectivity index (χ4n) is 3.66. The number of ether oxygens (including phenoxy) is 1. The second kappa shape index (κ2) is 8.83. The maximum absolute atomic E-state index is 12.9. The Balaban J connectivity index is 1.68. The van der Waals surface area contributed by atoms with E-state index in [0.717, 1.165) is 62.3 Å². The maximum Gasteiger partial charge on any atom is 0.223 e. The fraction of sp³-hybridized carbons (Fsp3) is 0.550. The zero-order valence-corrected chi connectivity index (χ0v) is 15.7. The summed E-state index contributed by atoms with van der Waals surface area (Å²) in [7, 11) is 1.66. The smallest absolute Gasteiger partial charge is 0.223 e. The number of methoxy groups -OCH3 is 1. The summed E-state index contributed by atoms with van der Waals surface area (Å²) in [5.74, 6) is 1.96. The molecular weight excluding hydrogens is 328 g/mol. The third kappa shape index (κ3) is 4.23. The molecule has 26 heavy (non-hydrogen) atoms. The molecule has 1 fully saturated rings. The highest BCUT2D eigenvalue weighted by Crippen LogP contribution is 2.30. The van der Waals surface area contributed by atoms with Crippen molar-refractivity contribution in [2.45, 2.75) is 58.0 Å². The third-order valence-electron chi connectivity index (χ3n) is 4.99. The Morgan fingerprint density at radius 1 is 1.35 bits per heavy atom. The first kappa shape index (κ1) is 18.4. The molecule has 1 aromatic heterocycles. The molecule has 1 aliphatic rings. The standard InChI is InChI=1S/C20H28N4O2/c1-3-12-23-15-21-22-20(23)18-9-4-5-13-24(18)19(25)11-10-16-7-6-8-17(14-16)26-2/h6-8,14-15,18H,3-5,9-13H2,1-2H3. The van der Waals surface area contributed by atoms with Gasteiger partial charge in [0, 0.05) is 19.5 Å². The molecule has 1 saturated heterocycles. The van der Waals surface area contributed by atoms with E-state index in [0.29, 0.717) is 6.42 Å². The van der Waals surface area contributed by atoms with Crippen LogP contribution < -0.4 is 4.74 Å². The number of piperidine rings is 1. The summed E-state index contributed by atoms with van der Waals surface area (Å²) in [6, 6.07) is 7.98. The summed E-state index contributed by atoms with van der Waals surface area (Å²) in [5.41, 5.74) is 1.13. The highest BCUT2D eigenvalue weighted by atomic mass is 16.5. The van der Waals surface area contributed by atoms with Gasteiger partial charge < -0.3 is 14.2 Å². The van der Waals surface area contributed by atoms with Crippen molar-refractivity contribution in [3.05, 3.63) is 42.0 Å². The summed E-state index contributed by atoms with van der Waals surface area (Å²) in [6.45, 7) is 3.84. The van der Waals surface area contributed by atoms with Crippen LogP contribution in [0.5, 0.6) is 5.75 Å². The summed E-state index contributed by atoms with van der Waals surface area (Å²) >= 11 is 0. The molecule has 0 bridgehead atoms. The summed E-state index contributed by atoms with van der Waals surface area (Å²) in [5, 5.41) is 8.42. The van der Waals surface area contributed by atoms with E-state index < -0.39 is 0 Å². The number of rotatable bonds is 7. The topological polar surface area (TPSA) is 60.2 Å². The quantitative estimate of drug-likeness (QED) is 0.763. The molecule has 0 aliphatic carbocycles. The van der Waals surface area contributed by atoms with Gasteiger partial charge >= 0.3 is 0 Å². The van der Waals surface area contributed by atoms with Gasteiger partial charge in [-0.1, -0.05) is 19.1 Å². The van der Waals surface area contributed by atoms with Crippen molar-refractivity contribution in [3.63, 3.8) is 0 Å². The molecule has 3 rings (SSSR count). The lowest BCUT2D eigenvalue weighted by atomic mass is 10.00. The Labute approximate surface area is 155 Å². The SMILES string of the molecule is CCCn1cnnc1C1CCCCN1C(=O)CCc1cccc(OC)c1. The second-order valence-electron chi connectivity index (χ2n) is 6.83. The van der Waals surface area contributed by atoms with E-state index in [2.05, 4.69) is 21.7 Å². The van der Waals surface area contributed by atoms with Crippen LogP contribution in [-0.2, 0) is 17.8 Å². The van der Waals surface area contributed by atoms with Gasteiger partial charge in [-0.2, -0.15) is 0 Å². The van der Waals surface area contributed by atoms with Crippen LogP contribution in [-0.4, -0.2) is 39.2 Å². The van der Waals surface area contributed by atoms with Gasteiger partial charge in [-0.15, -0.1) is 10.2 Å². The Morgan fingerprint density at radius 3 is 3.04 bits per heavy atom. The van der Waals surface area contributed by atoms with Crippen molar-refractivity contribution in [2.24, 2.45) is 0 Å². The van der Waals surface area contributed by atoms with E-state index in [-0.39, 0.29) is 11.9 Å². The molecule has 1 aliphatic heterocycles. The number of benzene rings is 1. The summed E-state index contributed by atoms with van der Waals surface area (Å²) in [4.78, 5) is 15.0. The lowest BCUT2D eigenvalue weighted by Crippen LogP contribution is -2.39. The lowest BCUT2D eigenvalue weighted by Gasteiger charge is -2.35. The van der Waals surface area contributed by atoms with E-state index in [1.165, 1.54) is 0 Å². The van der Waals surface area contributed by atoms with Crippen LogP contribution in [0.2, 0.25) is 0 Å². The van der Waals surface area contributed by atoms with Gasteiger partial charge in [0.2, 0.25) is 5.91 Å². The van der Waals surface area contributed by atoms with Crippen molar-refractivity contribution in [1.29, 1.82) is 0 Å². The van der Waals surface area contributed by atoms with Crippen LogP contribution in [0.15, 0.2) is 30.6 Å². The lowest BCUT2D eigenvalue weighted by molar-refractivity contribution is -0.135. The van der Waals surface area contributed by atoms with E-state index in [1.807, 2.05) is 29.2 Å². The van der Waals surface area contributed by atoms with Gasteiger partial charge in [-0.3, -0.25) is 4.79 Å². The molecule has 6 heteroatoms. The van der Waals surface area contributed by atoms with Gasteiger partial charge in [-0.25, -0.2) is 0 Å². The second-order valence-corrected chi connectivity index (χ2v) is 6.83. The number of hydrogen-bond donors (Lipinski definition) is 0. The molecule has 2 heterocycles. The Hall–Kier alpha value is -2.37. The fourth-order valence-corrected chi connectivity index (χ4v) is 3.66. The van der Waals surface area contributed by atoms with E-state index >= 15 is 0 Å². The van der Waals surface area contributed by atoms with Crippen molar-refractivity contribution in [3.8, 4) is 5.75 Å². The Morgan fingerprint density at radius 2 is 2.23 bits per heavy atom. The first-order valence-electron chi connectivity index (χ1n) is 9.53. The zero-order valence-electron chi connectivity index (χ0n) is 15.7. The van der Waals surface area contributed by atoms with Crippen molar-refractivity contribution >= 4 is 5.91 Å². The first-order valence-corrected chi connectivity index (χ1v) is 9.53. The molecule has 1 unspecified atom stereocenters. The maximum atomic E-state index is 12.9. The normalized spacial score (nSPS) is 17.3. The molecule has 0 saturated carbocycles. The molecule has 0 spiro atoms. The molecule has 0 radical (unpaired) electrons. The number of amides is 1. The number of likely N-dealkylation sites (tertiary alicyclic amines) is 1. The van der Waals surface area contributed by atoms with Crippen LogP contribution in [0.1, 0.15) is 56.5 Å². The van der Waals surface area contributed by atoms with Crippen LogP contribution in [0.3, 0.4) is 0 Å². The highest BCUT2D eigenvalue weighted by Gasteiger charge is 2.30. The van der Waals surface area contributed by atoms with E-state index in [9.17, 15) is 4.79 Å². The van der Waals surface area contributed by atoms with Gasteiger partial charge in [0.05, 0.1) is 13.2 Å². The van der Waals surface area contributed by atoms with Crippen molar-refractivity contribution < 1.29 is 9.53 Å². The summed E-state index contributed by atoms with van der Waals surface area (Å²) < 4.78 is 7.36. The molecule has 0 N–H and O–H groups in total. The predicted octanol–water partition coefficient (Wildman–Crippen LogP) is 3.38. The van der Waals surface area contributed by atoms with Gasteiger partial charge in [0.15, 0.2) is 5.82 Å². The number of carbonyl (C=O) groups is 1. The van der Waals surface area contributed by atoms with Crippen molar-refractivity contribution in [2.75, 3.05) is 13.7 Å². The highest BCUT2D eigenvalue weighted by molar-refractivity contribution is 5.77. The van der Waals surface area contributed by atoms with Crippen LogP contribution in [0, 0.1) is 0 Å². The van der Waals surface area contributed by atoms with E-state index in [4.69, 9.17) is 4.74 Å². The average Bonchev–Trinajstić information content (AvgIpc) is 3.14. The molecule has 1 aromatic carbocycles. The van der Waals surface area contributed by atoms with Gasteiger partial charge in [0.1, 0.15) is 12.1 Å². The minimum Gasteiger partial charge on any atom is -0.497 e. The van der Waals surface area contributed by atoms with Crippen LogP contribution in [0.4, 0.5) is 0 Å². The number of hydrogen-bond acceptors (Lipinski definition) is 4. The van der Waals surface area contributed by atoms with Gasteiger partial charge in [-0.05, 0) is 49.8 Å².